The van der Waals surface area contributed by atoms with E-state index in [1.165, 1.54) is 42.6 Å². The first-order chi connectivity index (χ1) is 55.2. The van der Waals surface area contributed by atoms with E-state index in [9.17, 15) is 28.8 Å². The number of pyridine rings is 4. The highest BCUT2D eigenvalue weighted by Crippen LogP contribution is 2.34. The summed E-state index contributed by atoms with van der Waals surface area (Å²) in [6, 6.07) is 32.9. The maximum Gasteiger partial charge on any atom is 0.341 e. The van der Waals surface area contributed by atoms with E-state index in [1.54, 1.807) is 56.5 Å². The van der Waals surface area contributed by atoms with Gasteiger partial charge in [-0.15, -0.1) is 0 Å². The molecule has 8 aromatic heterocycles. The first kappa shape index (κ1) is 89.1. The molecule has 0 spiro atoms. The molecule has 612 valence electrons. The lowest BCUT2D eigenvalue weighted by molar-refractivity contribution is -0.136. The quantitative estimate of drug-likeness (QED) is 0.0250. The van der Waals surface area contributed by atoms with Gasteiger partial charge in [0.15, 0.2) is 0 Å². The fourth-order valence-corrected chi connectivity index (χ4v) is 14.1. The van der Waals surface area contributed by atoms with Gasteiger partial charge in [0.1, 0.15) is 52.1 Å². The van der Waals surface area contributed by atoms with Crippen molar-refractivity contribution < 1.29 is 52.8 Å². The maximum atomic E-state index is 12.5. The highest BCUT2D eigenvalue weighted by molar-refractivity contribution is 6.38. The molecule has 11 N–H and O–H groups in total. The van der Waals surface area contributed by atoms with Gasteiger partial charge in [-0.05, 0) is 132 Å². The average Bonchev–Trinajstić information content (AvgIpc) is 1.75. The Balaban J connectivity index is 0.000000180. The SMILES string of the molecule is C.CCOC(=O)c1cnc2[nH]ccc2c1Cl.CCOC(=O)c1cnc2[nH]ccc2c1N[C@H]1CN(C(=O)CC#N)CC[C@H]1C.CCOC(=O)c1cnc2[nH]ccc2c1N[C@H]1CN(Cc2ccccc2)CC[C@H]1C.CCOC(=O)c1cnc2[nH]ccc2c1N[C@H]1CNCC[C@H]1C.C[C@@H]1CCN(Cc2ccccc2)C[C@@H]1N.N#CCC(=O)O. The van der Waals surface area contributed by atoms with Crippen molar-refractivity contribution in [1.29, 1.82) is 10.5 Å². The number of carbonyl (C=O) groups is 6. The third-order valence-electron chi connectivity index (χ3n) is 20.5. The molecule has 12 heterocycles. The van der Waals surface area contributed by atoms with Crippen LogP contribution in [0.25, 0.3) is 44.1 Å². The van der Waals surface area contributed by atoms with Gasteiger partial charge in [-0.2, -0.15) is 10.5 Å². The van der Waals surface area contributed by atoms with Gasteiger partial charge in [-0.25, -0.2) is 39.1 Å². The summed E-state index contributed by atoms with van der Waals surface area (Å²) in [6.45, 7) is 26.6. The number of amides is 1. The Kier molecular flexibility index (Phi) is 34.7. The van der Waals surface area contributed by atoms with Crippen molar-refractivity contribution >= 4 is 109 Å². The standard InChI is InChI=1S/C23H28N4O2.C19H23N5O3.C16H22N4O2.C13H20N2.C10H9ClN2O2.C3H3NO2.CH4/c1-3-29-23(28)19-13-25-22-18(9-11-24-22)21(19)26-20-15-27(12-10-16(20)2)14-17-7-5-4-6-8-17;1-3-27-19(26)14-10-22-18-13(5-8-21-18)17(14)23-15-11-24(9-6-12(15)2)16(25)4-7-20;1-3-22-16(21)12-8-19-15-11(5-7-18-15)14(12)20-13-9-17-6-4-10(13)2;1-11-7-8-15(10-13(11)14)9-12-5-3-2-4-6-12;1-2-15-10(14)7-5-13-9-6(8(7)11)3-4-12-9;4-2-1-3(5)6;/h4-9,11,13,16,20H,3,10,12,14-15H2,1-2H3,(H2,24,25,26);5,8,10,12,15H,3-4,6,9,11H2,1-2H3,(H2,21,22,23);5,7-8,10,13,17H,3-4,6,9H2,1-2H3,(H2,18,19,20);2-6,11,13H,7-10,14H2,1H3;3-5H,2H2,1H3,(H,12,13);1H2,(H,5,6);1H4/t16-,20+;12-,15+;10-,13+;11-,13+;;;/m1111.../s1. The number of hydrogen-bond donors (Lipinski definition) is 10. The number of H-pyrrole nitrogens is 4. The Morgan fingerprint density at radius 1 is 0.504 bits per heavy atom. The Morgan fingerprint density at radius 2 is 0.878 bits per heavy atom. The summed E-state index contributed by atoms with van der Waals surface area (Å²) < 4.78 is 20.5. The highest BCUT2D eigenvalue weighted by Gasteiger charge is 2.33. The third-order valence-corrected chi connectivity index (χ3v) is 20.9. The number of carbonyl (C=O) groups excluding carboxylic acids is 5. The van der Waals surface area contributed by atoms with Crippen molar-refractivity contribution in [2.45, 2.75) is 139 Å². The molecule has 4 fully saturated rings. The zero-order valence-electron chi connectivity index (χ0n) is 66.0. The average molecular weight is 1590 g/mol. The third kappa shape index (κ3) is 24.8. The van der Waals surface area contributed by atoms with Gasteiger partial charge < -0.3 is 75.9 Å². The number of aliphatic carboxylic acids is 1. The molecular formula is C85H109ClN18O11. The van der Waals surface area contributed by atoms with E-state index in [2.05, 4.69) is 159 Å². The number of carboxylic acid groups (broad SMARTS) is 1. The summed E-state index contributed by atoms with van der Waals surface area (Å²) in [5, 5.41) is 41.9. The minimum Gasteiger partial charge on any atom is -0.480 e. The summed E-state index contributed by atoms with van der Waals surface area (Å²) in [6.07, 6.45) is 17.0. The molecular weight excluding hydrogens is 1480 g/mol. The van der Waals surface area contributed by atoms with Crippen LogP contribution in [0.5, 0.6) is 0 Å². The lowest BCUT2D eigenvalue weighted by atomic mass is 9.92. The van der Waals surface area contributed by atoms with E-state index in [4.69, 9.17) is 51.9 Å². The molecule has 30 heteroatoms. The fourth-order valence-electron chi connectivity index (χ4n) is 13.8. The molecule has 14 rings (SSSR count). The molecule has 2 aromatic carbocycles. The van der Waals surface area contributed by atoms with Crippen LogP contribution in [-0.2, 0) is 41.6 Å². The van der Waals surface area contributed by atoms with Crippen LogP contribution in [0.3, 0.4) is 0 Å². The Hall–Kier alpha value is -11.5. The lowest BCUT2D eigenvalue weighted by Gasteiger charge is -2.38. The molecule has 4 saturated heterocycles. The Morgan fingerprint density at radius 3 is 1.29 bits per heavy atom. The van der Waals surface area contributed by atoms with Crippen molar-refractivity contribution in [3.63, 3.8) is 0 Å². The van der Waals surface area contributed by atoms with Crippen LogP contribution in [0.2, 0.25) is 5.02 Å². The summed E-state index contributed by atoms with van der Waals surface area (Å²) in [7, 11) is 0. The number of hydrogen-bond acceptors (Lipinski definition) is 23. The second-order valence-electron chi connectivity index (χ2n) is 28.5. The molecule has 115 heavy (non-hydrogen) atoms. The van der Waals surface area contributed by atoms with Gasteiger partial charge in [-0.3, -0.25) is 19.4 Å². The van der Waals surface area contributed by atoms with Crippen molar-refractivity contribution in [2.24, 2.45) is 29.4 Å². The Bertz CT molecular complexity index is 4890. The van der Waals surface area contributed by atoms with E-state index in [0.717, 1.165) is 109 Å². The number of likely N-dealkylation sites (tertiary alicyclic amines) is 3. The van der Waals surface area contributed by atoms with Crippen molar-refractivity contribution in [1.82, 2.24) is 59.9 Å². The molecule has 0 bridgehead atoms. The lowest BCUT2D eigenvalue weighted by Crippen LogP contribution is -2.49. The molecule has 4 aliphatic heterocycles. The van der Waals surface area contributed by atoms with Gasteiger partial charge in [0, 0.05) is 141 Å². The second kappa shape index (κ2) is 44.8. The maximum absolute atomic E-state index is 12.5. The van der Waals surface area contributed by atoms with E-state index in [0.29, 0.717) is 107 Å². The largest absolute Gasteiger partial charge is 0.480 e. The number of nitrogens with one attached hydrogen (secondary N) is 8. The summed E-state index contributed by atoms with van der Waals surface area (Å²) in [5.41, 5.74) is 15.6. The zero-order chi connectivity index (χ0) is 81.6. The number of ether oxygens (including phenoxy) is 4. The van der Waals surface area contributed by atoms with E-state index >= 15 is 0 Å². The monoisotopic (exact) mass is 1590 g/mol. The summed E-state index contributed by atoms with van der Waals surface area (Å²) in [5.74, 6) is -0.773. The number of benzene rings is 2. The molecule has 29 nitrogen and oxygen atoms in total. The number of fused-ring (bicyclic) bond motifs is 4. The van der Waals surface area contributed by atoms with Crippen LogP contribution in [0, 0.1) is 46.3 Å². The first-order valence-corrected chi connectivity index (χ1v) is 39.2. The number of nitriles is 2. The summed E-state index contributed by atoms with van der Waals surface area (Å²) in [4.78, 5) is 106. The van der Waals surface area contributed by atoms with Gasteiger partial charge >= 0.3 is 29.8 Å². The van der Waals surface area contributed by atoms with Crippen LogP contribution < -0.4 is 27.0 Å². The molecule has 0 radical (unpaired) electrons. The number of nitrogens with two attached hydrogens (primary N) is 1. The topological polar surface area (TPSA) is 406 Å². The fraction of sp³-hybridized carbons (Fsp3) is 0.435. The number of esters is 4. The number of piperidine rings is 4. The van der Waals surface area contributed by atoms with Crippen molar-refractivity contribution in [2.75, 3.05) is 94.7 Å². The predicted molar refractivity (Wildman–Crippen MR) is 446 cm³/mol. The molecule has 10 aromatic rings. The molecule has 0 saturated carbocycles. The van der Waals surface area contributed by atoms with Gasteiger partial charge in [0.05, 0.1) is 66.2 Å². The number of halogens is 1. The molecule has 0 unspecified atom stereocenters. The van der Waals surface area contributed by atoms with Crippen molar-refractivity contribution in [3.05, 3.63) is 173 Å². The van der Waals surface area contributed by atoms with E-state index in [1.807, 2.05) is 43.6 Å². The van der Waals surface area contributed by atoms with Crippen LogP contribution in [-0.4, -0.2) is 198 Å². The first-order valence-electron chi connectivity index (χ1n) is 38.9. The Labute approximate surface area is 676 Å². The molecule has 8 atom stereocenters. The van der Waals surface area contributed by atoms with Crippen LogP contribution in [0.4, 0.5) is 17.1 Å². The second-order valence-corrected chi connectivity index (χ2v) is 28.9. The van der Waals surface area contributed by atoms with Crippen LogP contribution in [0.15, 0.2) is 135 Å². The smallest absolute Gasteiger partial charge is 0.341 e. The number of rotatable bonds is 20. The van der Waals surface area contributed by atoms with Crippen LogP contribution >= 0.6 is 11.6 Å². The minimum absolute atomic E-state index is 0. The number of nitrogens with zero attached hydrogens (tertiary/aromatic N) is 9. The molecule has 1 amide bonds. The summed E-state index contributed by atoms with van der Waals surface area (Å²) >= 11 is 6.05. The zero-order valence-corrected chi connectivity index (χ0v) is 66.7. The number of carboxylic acids is 1. The van der Waals surface area contributed by atoms with Gasteiger partial charge in [0.2, 0.25) is 5.91 Å². The van der Waals surface area contributed by atoms with Gasteiger partial charge in [0.25, 0.3) is 0 Å². The predicted octanol–water partition coefficient (Wildman–Crippen LogP) is 13.4. The normalized spacial score (nSPS) is 19.1. The minimum atomic E-state index is -1.07. The highest BCUT2D eigenvalue weighted by atomic mass is 35.5. The number of aromatic nitrogens is 8. The van der Waals surface area contributed by atoms with Crippen LogP contribution in [0.1, 0.15) is 154 Å². The molecule has 0 aliphatic carbocycles. The van der Waals surface area contributed by atoms with Crippen molar-refractivity contribution in [3.8, 4) is 12.1 Å². The number of aromatic amines is 4. The molecule has 4 aliphatic rings. The van der Waals surface area contributed by atoms with E-state index in [-0.39, 0.29) is 56.4 Å². The number of anilines is 3. The van der Waals surface area contributed by atoms with Gasteiger partial charge in [-0.1, -0.05) is 107 Å². The van der Waals surface area contributed by atoms with E-state index < -0.39 is 24.3 Å².